The Morgan fingerprint density at radius 3 is 2.77 bits per heavy atom. The molecule has 2 heterocycles. The van der Waals surface area contributed by atoms with Gasteiger partial charge in [-0.15, -0.1) is 0 Å². The maximum Gasteiger partial charge on any atom is 0.350 e. The lowest BCUT2D eigenvalue weighted by atomic mass is 10.1. The lowest BCUT2D eigenvalue weighted by molar-refractivity contribution is -0.153. The summed E-state index contributed by atoms with van der Waals surface area (Å²) in [6.45, 7) is -0.134. The fraction of sp³-hybridized carbons (Fsp3) is 0.571. The number of nitrogens with one attached hydrogen (secondary N) is 1. The van der Waals surface area contributed by atoms with E-state index in [4.69, 9.17) is 5.11 Å². The predicted octanol–water partition coefficient (Wildman–Crippen LogP) is -1.48. The molecule has 2 rings (SSSR count). The lowest BCUT2D eigenvalue weighted by Crippen LogP contribution is -2.55. The summed E-state index contributed by atoms with van der Waals surface area (Å²) in [7, 11) is 0. The molecule has 13 heavy (non-hydrogen) atoms. The summed E-state index contributed by atoms with van der Waals surface area (Å²) < 4.78 is 0. The number of rotatable bonds is 1. The number of carbonyl (C=O) groups is 3. The normalized spacial score (nSPS) is 31.8. The number of fused-ring (bicyclic) bond motifs is 1. The van der Waals surface area contributed by atoms with E-state index in [1.54, 1.807) is 0 Å². The smallest absolute Gasteiger partial charge is 0.350 e. The molecule has 2 aliphatic rings. The molecule has 2 amide bonds. The quantitative estimate of drug-likeness (QED) is 0.520. The van der Waals surface area contributed by atoms with E-state index in [1.807, 2.05) is 0 Å². The highest BCUT2D eigenvalue weighted by molar-refractivity contribution is 6.00. The minimum Gasteiger partial charge on any atom is -0.478 e. The fourth-order valence-corrected chi connectivity index (χ4v) is 1.81. The minimum atomic E-state index is -1.45. The zero-order valence-corrected chi connectivity index (χ0v) is 6.74. The standard InChI is InChI=1S/C7H8N2O4/c10-4-3-9-5(11)1-2-7(9,8-4)6(12)13/h1-3H2,(H,8,10)(H,12,13)/t7-/m0/s1. The molecule has 2 saturated heterocycles. The molecule has 1 atom stereocenters. The van der Waals surface area contributed by atoms with E-state index >= 15 is 0 Å². The number of hydrogen-bond acceptors (Lipinski definition) is 3. The maximum atomic E-state index is 11.2. The molecule has 6 heteroatoms. The van der Waals surface area contributed by atoms with E-state index in [1.165, 1.54) is 0 Å². The molecule has 2 aliphatic heterocycles. The van der Waals surface area contributed by atoms with Crippen LogP contribution in [0.2, 0.25) is 0 Å². The first kappa shape index (κ1) is 8.03. The van der Waals surface area contributed by atoms with Gasteiger partial charge in [0.25, 0.3) is 0 Å². The summed E-state index contributed by atoms with van der Waals surface area (Å²) in [5.74, 6) is -1.85. The number of carboxylic acid groups (broad SMARTS) is 1. The van der Waals surface area contributed by atoms with Crippen molar-refractivity contribution in [3.8, 4) is 0 Å². The van der Waals surface area contributed by atoms with E-state index in [2.05, 4.69) is 5.32 Å². The molecule has 0 radical (unpaired) electrons. The first-order chi connectivity index (χ1) is 6.06. The third kappa shape index (κ3) is 0.851. The number of amides is 2. The minimum absolute atomic E-state index is 0.134. The zero-order chi connectivity index (χ0) is 9.64. The maximum absolute atomic E-state index is 11.2. The van der Waals surface area contributed by atoms with Crippen molar-refractivity contribution in [3.63, 3.8) is 0 Å². The van der Waals surface area contributed by atoms with Crippen LogP contribution < -0.4 is 5.32 Å². The van der Waals surface area contributed by atoms with Crippen LogP contribution in [0, 0.1) is 0 Å². The Kier molecular flexibility index (Phi) is 1.37. The topological polar surface area (TPSA) is 86.7 Å². The molecule has 0 saturated carbocycles. The van der Waals surface area contributed by atoms with Gasteiger partial charge in [-0.2, -0.15) is 0 Å². The van der Waals surface area contributed by atoms with Crippen molar-refractivity contribution in [2.75, 3.05) is 6.54 Å². The van der Waals surface area contributed by atoms with Crippen molar-refractivity contribution in [1.29, 1.82) is 0 Å². The van der Waals surface area contributed by atoms with Gasteiger partial charge in [-0.05, 0) is 0 Å². The predicted molar refractivity (Wildman–Crippen MR) is 39.5 cm³/mol. The molecule has 70 valence electrons. The molecule has 2 fully saturated rings. The second-order valence-corrected chi connectivity index (χ2v) is 3.19. The number of aliphatic carboxylic acids is 1. The average molecular weight is 184 g/mol. The summed E-state index contributed by atoms with van der Waals surface area (Å²) in [5.41, 5.74) is -1.45. The van der Waals surface area contributed by atoms with Gasteiger partial charge < -0.3 is 15.3 Å². The summed E-state index contributed by atoms with van der Waals surface area (Å²) >= 11 is 0. The van der Waals surface area contributed by atoms with Crippen molar-refractivity contribution >= 4 is 17.8 Å². The molecule has 0 aromatic rings. The molecule has 2 N–H and O–H groups in total. The Morgan fingerprint density at radius 1 is 1.54 bits per heavy atom. The summed E-state index contributed by atoms with van der Waals surface area (Å²) in [6.07, 6.45) is 0.347. The lowest BCUT2D eigenvalue weighted by Gasteiger charge is -2.25. The van der Waals surface area contributed by atoms with Crippen LogP contribution >= 0.6 is 0 Å². The second kappa shape index (κ2) is 2.21. The Hall–Kier alpha value is -1.59. The fourth-order valence-electron chi connectivity index (χ4n) is 1.81. The number of hydrogen-bond donors (Lipinski definition) is 2. The highest BCUT2D eigenvalue weighted by Crippen LogP contribution is 2.31. The number of nitrogens with zero attached hydrogens (tertiary/aromatic N) is 1. The molecule has 6 nitrogen and oxygen atoms in total. The van der Waals surface area contributed by atoms with Gasteiger partial charge in [-0.25, -0.2) is 4.79 Å². The summed E-state index contributed by atoms with van der Waals surface area (Å²) in [6, 6.07) is 0. The molecule has 0 aliphatic carbocycles. The number of carboxylic acids is 1. The SMILES string of the molecule is O=C1CN2C(=O)CC[C@]2(C(=O)O)N1. The number of carbonyl (C=O) groups excluding carboxylic acids is 2. The highest BCUT2D eigenvalue weighted by atomic mass is 16.4. The van der Waals surface area contributed by atoms with Crippen LogP contribution in [0.4, 0.5) is 0 Å². The summed E-state index contributed by atoms with van der Waals surface area (Å²) in [5, 5.41) is 11.2. The Labute approximate surface area is 73.5 Å². The monoisotopic (exact) mass is 184 g/mol. The van der Waals surface area contributed by atoms with Crippen molar-refractivity contribution in [2.24, 2.45) is 0 Å². The molecule has 0 bridgehead atoms. The van der Waals surface area contributed by atoms with Gasteiger partial charge in [0.1, 0.15) is 6.54 Å². The van der Waals surface area contributed by atoms with E-state index in [9.17, 15) is 14.4 Å². The van der Waals surface area contributed by atoms with Gasteiger partial charge in [0.05, 0.1) is 0 Å². The Balaban J connectivity index is 2.40. The van der Waals surface area contributed by atoms with Gasteiger partial charge in [0, 0.05) is 12.8 Å². The summed E-state index contributed by atoms with van der Waals surface area (Å²) in [4.78, 5) is 34.1. The first-order valence-corrected chi connectivity index (χ1v) is 3.91. The van der Waals surface area contributed by atoms with Gasteiger partial charge in [-0.3, -0.25) is 9.59 Å². The highest BCUT2D eigenvalue weighted by Gasteiger charge is 2.57. The van der Waals surface area contributed by atoms with Crippen LogP contribution in [-0.4, -0.2) is 40.0 Å². The third-order valence-corrected chi connectivity index (χ3v) is 2.46. The van der Waals surface area contributed by atoms with Gasteiger partial charge in [-0.1, -0.05) is 0 Å². The van der Waals surface area contributed by atoms with Crippen LogP contribution in [0.5, 0.6) is 0 Å². The van der Waals surface area contributed by atoms with Crippen molar-refractivity contribution in [3.05, 3.63) is 0 Å². The van der Waals surface area contributed by atoms with E-state index < -0.39 is 17.5 Å². The average Bonchev–Trinajstić information content (AvgIpc) is 2.51. The van der Waals surface area contributed by atoms with Gasteiger partial charge in [0.2, 0.25) is 17.5 Å². The van der Waals surface area contributed by atoms with Crippen LogP contribution in [0.25, 0.3) is 0 Å². The molecule has 0 unspecified atom stereocenters. The van der Waals surface area contributed by atoms with Gasteiger partial charge >= 0.3 is 5.97 Å². The van der Waals surface area contributed by atoms with Crippen LogP contribution in [-0.2, 0) is 14.4 Å². The Bertz CT molecular complexity index is 314. The van der Waals surface area contributed by atoms with Crippen LogP contribution in [0.1, 0.15) is 12.8 Å². The van der Waals surface area contributed by atoms with Crippen molar-refractivity contribution in [1.82, 2.24) is 10.2 Å². The Morgan fingerprint density at radius 2 is 2.23 bits per heavy atom. The van der Waals surface area contributed by atoms with Gasteiger partial charge in [0.15, 0.2) is 0 Å². The second-order valence-electron chi connectivity index (χ2n) is 3.19. The molecule has 0 aromatic carbocycles. The van der Waals surface area contributed by atoms with Crippen molar-refractivity contribution in [2.45, 2.75) is 18.5 Å². The van der Waals surface area contributed by atoms with E-state index in [0.29, 0.717) is 0 Å². The molecular weight excluding hydrogens is 176 g/mol. The van der Waals surface area contributed by atoms with E-state index in [0.717, 1.165) is 4.90 Å². The molecular formula is C7H8N2O4. The van der Waals surface area contributed by atoms with Crippen LogP contribution in [0.15, 0.2) is 0 Å². The first-order valence-electron chi connectivity index (χ1n) is 3.91. The van der Waals surface area contributed by atoms with Crippen LogP contribution in [0.3, 0.4) is 0 Å². The molecule has 0 aromatic heterocycles. The largest absolute Gasteiger partial charge is 0.478 e. The zero-order valence-electron chi connectivity index (χ0n) is 6.74. The third-order valence-electron chi connectivity index (χ3n) is 2.46. The molecule has 0 spiro atoms. The van der Waals surface area contributed by atoms with E-state index in [-0.39, 0.29) is 25.3 Å². The van der Waals surface area contributed by atoms with Crippen molar-refractivity contribution < 1.29 is 19.5 Å².